The Hall–Kier alpha value is -4.34. The number of nitrogens with one attached hydrogen (secondary N) is 2. The highest BCUT2D eigenvalue weighted by Crippen LogP contribution is 2.26. The number of hydrogen-bond donors (Lipinski definition) is 2. The van der Waals surface area contributed by atoms with Gasteiger partial charge in [-0.15, -0.1) is 0 Å². The molecule has 1 aliphatic heterocycles. The van der Waals surface area contributed by atoms with E-state index in [0.29, 0.717) is 58.4 Å². The molecule has 0 spiro atoms. The lowest BCUT2D eigenvalue weighted by Gasteiger charge is -2.16. The molecular weight excluding hydrogens is 454 g/mol. The largest absolute Gasteiger partial charge is 0.379 e. The van der Waals surface area contributed by atoms with E-state index in [9.17, 15) is 15.3 Å². The van der Waals surface area contributed by atoms with Crippen molar-refractivity contribution in [1.29, 1.82) is 10.5 Å². The van der Waals surface area contributed by atoms with Crippen LogP contribution in [-0.4, -0.2) is 41.8 Å². The minimum Gasteiger partial charge on any atom is -0.379 e. The molecule has 1 aliphatic rings. The first-order chi connectivity index (χ1) is 17.2. The third-order valence-electron chi connectivity index (χ3n) is 5.83. The first-order valence-electron chi connectivity index (χ1n) is 11.5. The van der Waals surface area contributed by atoms with Crippen molar-refractivity contribution in [1.82, 2.24) is 15.3 Å². The van der Waals surface area contributed by atoms with Gasteiger partial charge in [0.2, 0.25) is 0 Å². The van der Waals surface area contributed by atoms with E-state index in [0.717, 1.165) is 6.42 Å². The molecule has 1 amide bonds. The fraction of sp³-hybridized carbons (Fsp3) is 0.333. The normalized spacial score (nSPS) is 16.4. The van der Waals surface area contributed by atoms with Gasteiger partial charge < -0.3 is 15.4 Å². The molecule has 3 heterocycles. The molecule has 0 unspecified atom stereocenters. The van der Waals surface area contributed by atoms with Gasteiger partial charge in [0.25, 0.3) is 5.91 Å². The molecule has 1 atom stereocenters. The van der Waals surface area contributed by atoms with Crippen LogP contribution < -0.4 is 10.6 Å². The SMILES string of the molecule is C=N/C(C)=C(\C=C(/C)NC(=O)c1ccnc(C(C)(C)C#N)c1)c1cnc(N[C@H]2CCOC2)c(C#N)c1. The lowest BCUT2D eigenvalue weighted by molar-refractivity contribution is 0.0965. The molecule has 0 radical (unpaired) electrons. The minimum absolute atomic E-state index is 0.117. The van der Waals surface area contributed by atoms with Gasteiger partial charge in [-0.25, -0.2) is 4.98 Å². The molecule has 0 saturated carbocycles. The van der Waals surface area contributed by atoms with Crippen molar-refractivity contribution in [3.8, 4) is 12.1 Å². The summed E-state index contributed by atoms with van der Waals surface area (Å²) in [5.41, 5.74) is 2.98. The second kappa shape index (κ2) is 11.4. The van der Waals surface area contributed by atoms with Gasteiger partial charge in [-0.3, -0.25) is 14.8 Å². The zero-order valence-corrected chi connectivity index (χ0v) is 20.9. The summed E-state index contributed by atoms with van der Waals surface area (Å²) in [6.45, 7) is 11.9. The highest BCUT2D eigenvalue weighted by molar-refractivity contribution is 5.95. The Labute approximate surface area is 211 Å². The van der Waals surface area contributed by atoms with Gasteiger partial charge >= 0.3 is 0 Å². The Balaban J connectivity index is 1.87. The van der Waals surface area contributed by atoms with Gasteiger partial charge in [0.15, 0.2) is 0 Å². The summed E-state index contributed by atoms with van der Waals surface area (Å²) in [6, 6.07) is 9.45. The maximum Gasteiger partial charge on any atom is 0.255 e. The van der Waals surface area contributed by atoms with Crippen LogP contribution in [0.15, 0.2) is 53.1 Å². The number of amides is 1. The Morgan fingerprint density at radius 3 is 2.69 bits per heavy atom. The molecule has 2 N–H and O–H groups in total. The van der Waals surface area contributed by atoms with Crippen molar-refractivity contribution in [3.63, 3.8) is 0 Å². The van der Waals surface area contributed by atoms with Crippen molar-refractivity contribution in [3.05, 3.63) is 70.4 Å². The Bertz CT molecular complexity index is 1310. The molecule has 0 aromatic carbocycles. The van der Waals surface area contributed by atoms with Gasteiger partial charge in [-0.2, -0.15) is 10.5 Å². The number of carbonyl (C=O) groups excluding carboxylic acids is 1. The predicted octanol–water partition coefficient (Wildman–Crippen LogP) is 4.12. The van der Waals surface area contributed by atoms with E-state index >= 15 is 0 Å². The summed E-state index contributed by atoms with van der Waals surface area (Å²) >= 11 is 0. The lowest BCUT2D eigenvalue weighted by atomic mass is 9.90. The number of carbonyl (C=O) groups is 1. The van der Waals surface area contributed by atoms with Gasteiger partial charge in [0.1, 0.15) is 11.9 Å². The molecule has 2 aromatic rings. The number of allylic oxidation sites excluding steroid dienone is 4. The maximum atomic E-state index is 12.9. The summed E-state index contributed by atoms with van der Waals surface area (Å²) in [5, 5.41) is 25.2. The molecule has 9 heteroatoms. The summed E-state index contributed by atoms with van der Waals surface area (Å²) in [6.07, 6.45) is 5.79. The molecule has 36 heavy (non-hydrogen) atoms. The van der Waals surface area contributed by atoms with Crippen molar-refractivity contribution in [2.75, 3.05) is 18.5 Å². The van der Waals surface area contributed by atoms with Crippen LogP contribution >= 0.6 is 0 Å². The van der Waals surface area contributed by atoms with Gasteiger partial charge in [-0.05, 0) is 65.1 Å². The number of nitrogens with zero attached hydrogens (tertiary/aromatic N) is 5. The van der Waals surface area contributed by atoms with Gasteiger partial charge in [0, 0.05) is 47.1 Å². The van der Waals surface area contributed by atoms with Crippen molar-refractivity contribution < 1.29 is 9.53 Å². The van der Waals surface area contributed by atoms with Crippen molar-refractivity contribution >= 4 is 24.0 Å². The van der Waals surface area contributed by atoms with Crippen LogP contribution in [0, 0.1) is 22.7 Å². The van der Waals surface area contributed by atoms with Crippen LogP contribution in [0.25, 0.3) is 5.57 Å². The number of anilines is 1. The summed E-state index contributed by atoms with van der Waals surface area (Å²) in [7, 11) is 0. The van der Waals surface area contributed by atoms with Crippen molar-refractivity contribution in [2.24, 2.45) is 4.99 Å². The van der Waals surface area contributed by atoms with Crippen molar-refractivity contribution in [2.45, 2.75) is 45.6 Å². The second-order valence-corrected chi connectivity index (χ2v) is 9.04. The van der Waals surface area contributed by atoms with E-state index in [1.807, 2.05) is 0 Å². The highest BCUT2D eigenvalue weighted by Gasteiger charge is 2.23. The van der Waals surface area contributed by atoms with E-state index < -0.39 is 5.41 Å². The zero-order chi connectivity index (χ0) is 26.3. The summed E-state index contributed by atoms with van der Waals surface area (Å²) in [5.74, 6) is 0.168. The predicted molar refractivity (Wildman–Crippen MR) is 138 cm³/mol. The number of pyridine rings is 2. The van der Waals surface area contributed by atoms with Crippen LogP contribution in [0.1, 0.15) is 61.3 Å². The smallest absolute Gasteiger partial charge is 0.255 e. The van der Waals surface area contributed by atoms with Crippen LogP contribution in [0.5, 0.6) is 0 Å². The topological polar surface area (TPSA) is 136 Å². The van der Waals surface area contributed by atoms with E-state index in [4.69, 9.17) is 4.74 Å². The third kappa shape index (κ3) is 6.21. The van der Waals surface area contributed by atoms with Crippen LogP contribution in [0.3, 0.4) is 0 Å². The number of ether oxygens (including phenoxy) is 1. The average molecular weight is 484 g/mol. The van der Waals surface area contributed by atoms with Crippen LogP contribution in [-0.2, 0) is 10.2 Å². The Kier molecular flexibility index (Phi) is 8.31. The fourth-order valence-electron chi connectivity index (χ4n) is 3.61. The minimum atomic E-state index is -0.818. The highest BCUT2D eigenvalue weighted by atomic mass is 16.5. The number of nitriles is 2. The standard InChI is InChI=1S/C27H29N7O2/c1-17(33-26(35)19-6-8-31-24(12-19)27(3,4)16-29)10-23(18(2)30-5)21-11-20(13-28)25(32-14-21)34-22-7-9-36-15-22/h6,8,10-12,14,22H,5,7,9,15H2,1-4H3,(H,32,34)(H,33,35)/b17-10+,23-18+/t22-/m0/s1. The molecule has 184 valence electrons. The number of hydrogen-bond acceptors (Lipinski definition) is 8. The number of rotatable bonds is 8. The quantitative estimate of drug-likeness (QED) is 0.426. The van der Waals surface area contributed by atoms with Crippen LogP contribution in [0.4, 0.5) is 5.82 Å². The summed E-state index contributed by atoms with van der Waals surface area (Å²) in [4.78, 5) is 25.7. The molecule has 9 nitrogen and oxygen atoms in total. The van der Waals surface area contributed by atoms with Gasteiger partial charge in [-0.1, -0.05) is 0 Å². The molecule has 1 fully saturated rings. The molecule has 1 saturated heterocycles. The zero-order valence-electron chi connectivity index (χ0n) is 20.9. The molecule has 2 aromatic heterocycles. The second-order valence-electron chi connectivity index (χ2n) is 9.04. The van der Waals surface area contributed by atoms with E-state index in [1.165, 1.54) is 6.20 Å². The molecule has 0 aliphatic carbocycles. The fourth-order valence-corrected chi connectivity index (χ4v) is 3.61. The lowest BCUT2D eigenvalue weighted by Crippen LogP contribution is -2.23. The summed E-state index contributed by atoms with van der Waals surface area (Å²) < 4.78 is 5.39. The van der Waals surface area contributed by atoms with E-state index in [1.54, 1.807) is 58.2 Å². The van der Waals surface area contributed by atoms with Crippen LogP contribution in [0.2, 0.25) is 0 Å². The first kappa shape index (κ1) is 26.3. The Morgan fingerprint density at radius 1 is 1.28 bits per heavy atom. The average Bonchev–Trinajstić information content (AvgIpc) is 3.40. The van der Waals surface area contributed by atoms with E-state index in [2.05, 4.69) is 44.4 Å². The number of aromatic nitrogens is 2. The van der Waals surface area contributed by atoms with E-state index in [-0.39, 0.29) is 11.9 Å². The first-order valence-corrected chi connectivity index (χ1v) is 11.5. The molecule has 0 bridgehead atoms. The Morgan fingerprint density at radius 2 is 2.06 bits per heavy atom. The monoisotopic (exact) mass is 483 g/mol. The molecule has 3 rings (SSSR count). The maximum absolute atomic E-state index is 12.9. The molecular formula is C27H29N7O2. The number of aliphatic imine (C=N–C) groups is 1. The third-order valence-corrected chi connectivity index (χ3v) is 5.83. The van der Waals surface area contributed by atoms with Gasteiger partial charge in [0.05, 0.1) is 35.4 Å².